The minimum atomic E-state index is -0.541. The number of thioether (sulfide) groups is 1. The number of carbonyl (C=O) groups excluding carboxylic acids is 4. The van der Waals surface area contributed by atoms with Crippen LogP contribution < -0.4 is 20.1 Å². The lowest BCUT2D eigenvalue weighted by atomic mass is 10.1. The second-order valence-corrected chi connectivity index (χ2v) is 10.9. The molecule has 0 radical (unpaired) electrons. The van der Waals surface area contributed by atoms with Gasteiger partial charge >= 0.3 is 0 Å². The lowest BCUT2D eigenvalue weighted by Crippen LogP contribution is -2.36. The highest BCUT2D eigenvalue weighted by molar-refractivity contribution is 8.18. The maximum Gasteiger partial charge on any atom is 0.294 e. The van der Waals surface area contributed by atoms with Crippen molar-refractivity contribution in [1.82, 2.24) is 9.47 Å². The molecule has 3 aromatic carbocycles. The molecule has 0 unspecified atom stereocenters. The molecular weight excluding hydrogens is 556 g/mol. The third-order valence-electron chi connectivity index (χ3n) is 7.02. The van der Waals surface area contributed by atoms with Crippen molar-refractivity contribution in [3.63, 3.8) is 0 Å². The Kier molecular flexibility index (Phi) is 7.17. The molecule has 0 spiro atoms. The molecule has 0 aliphatic carbocycles. The summed E-state index contributed by atoms with van der Waals surface area (Å²) >= 11 is 0.787. The summed E-state index contributed by atoms with van der Waals surface area (Å²) in [6, 6.07) is 20.0. The highest BCUT2D eigenvalue weighted by Gasteiger charge is 2.36. The van der Waals surface area contributed by atoms with E-state index in [0.717, 1.165) is 44.4 Å². The summed E-state index contributed by atoms with van der Waals surface area (Å²) in [4.78, 5) is 52.7. The van der Waals surface area contributed by atoms with Gasteiger partial charge in [0.1, 0.15) is 13.1 Å². The molecule has 1 aromatic heterocycles. The predicted molar refractivity (Wildman–Crippen MR) is 160 cm³/mol. The summed E-state index contributed by atoms with van der Waals surface area (Å²) in [5.74, 6) is -0.0610. The topological polar surface area (TPSA) is 119 Å². The first-order valence-corrected chi connectivity index (χ1v) is 14.0. The average Bonchev–Trinajstić information content (AvgIpc) is 3.62. The van der Waals surface area contributed by atoms with Gasteiger partial charge in [-0.3, -0.25) is 24.1 Å². The fourth-order valence-electron chi connectivity index (χ4n) is 4.91. The van der Waals surface area contributed by atoms with E-state index >= 15 is 0 Å². The maximum atomic E-state index is 13.2. The third-order valence-corrected chi connectivity index (χ3v) is 7.93. The molecule has 10 nitrogen and oxygen atoms in total. The molecule has 212 valence electrons. The second kappa shape index (κ2) is 11.1. The van der Waals surface area contributed by atoms with E-state index in [9.17, 15) is 19.2 Å². The molecule has 2 aliphatic rings. The molecule has 0 saturated carbocycles. The van der Waals surface area contributed by atoms with E-state index in [2.05, 4.69) is 10.6 Å². The van der Waals surface area contributed by atoms with E-state index in [-0.39, 0.29) is 24.2 Å². The van der Waals surface area contributed by atoms with Gasteiger partial charge in [0, 0.05) is 39.6 Å². The van der Waals surface area contributed by atoms with Gasteiger partial charge in [0.05, 0.1) is 4.91 Å². The van der Waals surface area contributed by atoms with Crippen LogP contribution in [0.25, 0.3) is 17.0 Å². The number of hydrogen-bond acceptors (Lipinski definition) is 7. The van der Waals surface area contributed by atoms with Crippen molar-refractivity contribution in [3.8, 4) is 11.5 Å². The van der Waals surface area contributed by atoms with Gasteiger partial charge in [-0.05, 0) is 62.0 Å². The van der Waals surface area contributed by atoms with E-state index in [1.165, 1.54) is 0 Å². The number of carbonyl (C=O) groups is 4. The van der Waals surface area contributed by atoms with Crippen molar-refractivity contribution < 1.29 is 28.7 Å². The van der Waals surface area contributed by atoms with Crippen LogP contribution in [0.1, 0.15) is 16.8 Å². The van der Waals surface area contributed by atoms with E-state index in [1.54, 1.807) is 36.4 Å². The van der Waals surface area contributed by atoms with Crippen LogP contribution in [0.3, 0.4) is 0 Å². The number of rotatable bonds is 7. The Morgan fingerprint density at radius 2 is 1.57 bits per heavy atom. The Morgan fingerprint density at radius 1 is 0.881 bits per heavy atom. The molecule has 42 heavy (non-hydrogen) atoms. The predicted octanol–water partition coefficient (Wildman–Crippen LogP) is 5.30. The first-order chi connectivity index (χ1) is 20.3. The molecule has 4 aromatic rings. The number of nitrogens with zero attached hydrogens (tertiary/aromatic N) is 2. The number of anilines is 2. The number of imide groups is 1. The molecule has 0 atom stereocenters. The van der Waals surface area contributed by atoms with Crippen LogP contribution >= 0.6 is 11.8 Å². The summed E-state index contributed by atoms with van der Waals surface area (Å²) in [7, 11) is 0. The fourth-order valence-corrected chi connectivity index (χ4v) is 5.73. The molecule has 0 bridgehead atoms. The van der Waals surface area contributed by atoms with E-state index in [1.807, 2.05) is 54.8 Å². The van der Waals surface area contributed by atoms with Crippen molar-refractivity contribution in [1.29, 1.82) is 0 Å². The quantitative estimate of drug-likeness (QED) is 0.284. The van der Waals surface area contributed by atoms with Crippen LogP contribution in [0, 0.1) is 13.8 Å². The molecule has 3 heterocycles. The standard InChI is InChI=1S/C31H26N4O6S/c1-18-7-9-20(10-8-18)32-29(37)16-35-30(38)27(42-31(35)39)14-23-19(2)34(24-6-4-3-5-22(23)24)15-28(36)33-21-11-12-25-26(13-21)41-17-40-25/h3-14H,15-17H2,1-2H3,(H,32,37)(H,33,36)/b27-14-. The molecule has 2 N–H and O–H groups in total. The largest absolute Gasteiger partial charge is 0.454 e. The number of nitrogens with one attached hydrogen (secondary N) is 2. The molecule has 1 fully saturated rings. The van der Waals surface area contributed by atoms with Crippen LogP contribution in [0.15, 0.2) is 71.6 Å². The molecule has 4 amide bonds. The number of hydrogen-bond donors (Lipinski definition) is 2. The number of amides is 4. The summed E-state index contributed by atoms with van der Waals surface area (Å²) in [5, 5.41) is 5.92. The zero-order chi connectivity index (χ0) is 29.4. The molecule has 6 rings (SSSR count). The number of fused-ring (bicyclic) bond motifs is 2. The minimum absolute atomic E-state index is 0.0231. The van der Waals surface area contributed by atoms with Gasteiger partial charge in [-0.25, -0.2) is 0 Å². The summed E-state index contributed by atoms with van der Waals surface area (Å²) < 4.78 is 12.6. The zero-order valence-electron chi connectivity index (χ0n) is 22.8. The second-order valence-electron chi connectivity index (χ2n) is 9.90. The Morgan fingerprint density at radius 3 is 2.38 bits per heavy atom. The first-order valence-electron chi connectivity index (χ1n) is 13.2. The summed E-state index contributed by atoms with van der Waals surface area (Å²) in [6.07, 6.45) is 1.66. The molecular formula is C31H26N4O6S. The smallest absolute Gasteiger partial charge is 0.294 e. The van der Waals surface area contributed by atoms with Gasteiger partial charge in [0.25, 0.3) is 11.1 Å². The normalized spacial score (nSPS) is 15.1. The average molecular weight is 583 g/mol. The minimum Gasteiger partial charge on any atom is -0.454 e. The van der Waals surface area contributed by atoms with E-state index in [0.29, 0.717) is 22.9 Å². The maximum absolute atomic E-state index is 13.2. The van der Waals surface area contributed by atoms with E-state index in [4.69, 9.17) is 9.47 Å². The van der Waals surface area contributed by atoms with Gasteiger partial charge in [-0.1, -0.05) is 35.9 Å². The van der Waals surface area contributed by atoms with Crippen LogP contribution in [0.2, 0.25) is 0 Å². The lowest BCUT2D eigenvalue weighted by Gasteiger charge is -2.12. The number of benzene rings is 3. The van der Waals surface area contributed by atoms with Crippen molar-refractivity contribution in [3.05, 3.63) is 88.5 Å². The Balaban J connectivity index is 1.21. The van der Waals surface area contributed by atoms with Crippen molar-refractivity contribution in [2.45, 2.75) is 20.4 Å². The van der Waals surface area contributed by atoms with E-state index < -0.39 is 23.6 Å². The van der Waals surface area contributed by atoms with Gasteiger partial charge < -0.3 is 24.7 Å². The molecule has 1 saturated heterocycles. The molecule has 11 heteroatoms. The monoisotopic (exact) mass is 582 g/mol. The highest BCUT2D eigenvalue weighted by atomic mass is 32.2. The van der Waals surface area contributed by atoms with Crippen molar-refractivity contribution >= 4 is 63.1 Å². The summed E-state index contributed by atoms with van der Waals surface area (Å²) in [5.41, 5.74) is 4.49. The number of aromatic nitrogens is 1. The number of ether oxygens (including phenoxy) is 2. The van der Waals surface area contributed by atoms with Gasteiger partial charge in [-0.15, -0.1) is 0 Å². The van der Waals surface area contributed by atoms with Crippen LogP contribution in [0.4, 0.5) is 16.2 Å². The third kappa shape index (κ3) is 5.34. The fraction of sp³-hybridized carbons (Fsp3) is 0.161. The summed E-state index contributed by atoms with van der Waals surface area (Å²) in [6.45, 7) is 3.57. The van der Waals surface area contributed by atoms with Gasteiger partial charge in [0.2, 0.25) is 18.6 Å². The Bertz CT molecular complexity index is 1790. The van der Waals surface area contributed by atoms with Gasteiger partial charge in [-0.2, -0.15) is 0 Å². The molecule has 2 aliphatic heterocycles. The first kappa shape index (κ1) is 27.2. The van der Waals surface area contributed by atoms with Crippen LogP contribution in [0.5, 0.6) is 11.5 Å². The van der Waals surface area contributed by atoms with Crippen LogP contribution in [-0.2, 0) is 20.9 Å². The SMILES string of the molecule is Cc1ccc(NC(=O)CN2C(=O)S/C(=C\c3c(C)n(CC(=O)Nc4ccc5c(c4)OCO5)c4ccccc34)C2=O)cc1. The zero-order valence-corrected chi connectivity index (χ0v) is 23.6. The number of para-hydroxylation sites is 1. The van der Waals surface area contributed by atoms with Crippen molar-refractivity contribution in [2.75, 3.05) is 24.0 Å². The Hall–Kier alpha value is -5.03. The van der Waals surface area contributed by atoms with Crippen LogP contribution in [-0.4, -0.2) is 45.8 Å². The lowest BCUT2D eigenvalue weighted by molar-refractivity contribution is -0.127. The highest BCUT2D eigenvalue weighted by Crippen LogP contribution is 2.36. The van der Waals surface area contributed by atoms with Gasteiger partial charge in [0.15, 0.2) is 11.5 Å². The van der Waals surface area contributed by atoms with Crippen molar-refractivity contribution in [2.24, 2.45) is 0 Å². The Labute approximate surface area is 245 Å². The number of aryl methyl sites for hydroxylation is 1.